The van der Waals surface area contributed by atoms with E-state index in [1.807, 2.05) is 44.4 Å². The number of nitrogens with one attached hydrogen (secondary N) is 2. The first-order valence-corrected chi connectivity index (χ1v) is 6.32. The maximum Gasteiger partial charge on any atom is 0.248 e. The summed E-state index contributed by atoms with van der Waals surface area (Å²) in [6, 6.07) is 3.98. The Morgan fingerprint density at radius 1 is 1.37 bits per heavy atom. The summed E-state index contributed by atoms with van der Waals surface area (Å²) in [4.78, 5) is 16.2. The highest BCUT2D eigenvalue weighted by Gasteiger charge is 2.11. The van der Waals surface area contributed by atoms with Crippen LogP contribution in [0.4, 0.5) is 5.95 Å². The lowest BCUT2D eigenvalue weighted by Crippen LogP contribution is -2.20. The summed E-state index contributed by atoms with van der Waals surface area (Å²) < 4.78 is 1.95. The van der Waals surface area contributed by atoms with Crippen molar-refractivity contribution < 1.29 is 4.79 Å². The van der Waals surface area contributed by atoms with Crippen LogP contribution in [-0.4, -0.2) is 25.7 Å². The molecule has 0 aliphatic carbocycles. The Kier molecular flexibility index (Phi) is 3.69. The molecule has 0 aliphatic heterocycles. The van der Waals surface area contributed by atoms with E-state index in [9.17, 15) is 4.79 Å². The molecule has 0 aromatic carbocycles. The zero-order chi connectivity index (χ0) is 14.0. The maximum atomic E-state index is 11.9. The van der Waals surface area contributed by atoms with Crippen LogP contribution in [0.2, 0.25) is 0 Å². The molecule has 6 nitrogen and oxygen atoms in total. The van der Waals surface area contributed by atoms with Crippen molar-refractivity contribution in [1.82, 2.24) is 19.7 Å². The molecule has 2 N–H and O–H groups in total. The lowest BCUT2D eigenvalue weighted by molar-refractivity contribution is -0.116. The summed E-state index contributed by atoms with van der Waals surface area (Å²) in [6.07, 6.45) is 0. The molecule has 0 aliphatic rings. The van der Waals surface area contributed by atoms with Gasteiger partial charge in [0.25, 0.3) is 0 Å². The number of H-pyrrole nitrogens is 1. The average Bonchev–Trinajstić information content (AvgIpc) is 2.91. The minimum atomic E-state index is -0.128. The molecular weight excluding hydrogens is 242 g/mol. The zero-order valence-corrected chi connectivity index (χ0v) is 11.7. The second-order valence-corrected chi connectivity index (χ2v) is 4.95. The predicted molar refractivity (Wildman–Crippen MR) is 73.0 cm³/mol. The lowest BCUT2D eigenvalue weighted by Gasteiger charge is -2.08. The van der Waals surface area contributed by atoms with Gasteiger partial charge in [-0.2, -0.15) is 4.98 Å². The third-order valence-corrected chi connectivity index (χ3v) is 3.02. The van der Waals surface area contributed by atoms with Crippen LogP contribution >= 0.6 is 0 Å². The first kappa shape index (κ1) is 13.3. The Bertz CT molecular complexity index is 562. The molecular formula is C13H19N5O. The largest absolute Gasteiger partial charge is 0.340 e. The Hall–Kier alpha value is -2.11. The normalized spacial score (nSPS) is 11.0. The molecule has 6 heteroatoms. The van der Waals surface area contributed by atoms with Gasteiger partial charge < -0.3 is 4.57 Å². The van der Waals surface area contributed by atoms with Gasteiger partial charge in [0.05, 0.1) is 0 Å². The van der Waals surface area contributed by atoms with E-state index in [1.165, 1.54) is 0 Å². The molecule has 2 aromatic rings. The van der Waals surface area contributed by atoms with Crippen LogP contribution in [0, 0.1) is 13.8 Å². The quantitative estimate of drug-likeness (QED) is 0.883. The number of hydrogen-bond acceptors (Lipinski definition) is 3. The minimum absolute atomic E-state index is 0.128. The van der Waals surface area contributed by atoms with Gasteiger partial charge in [-0.1, -0.05) is 13.8 Å². The van der Waals surface area contributed by atoms with E-state index in [0.717, 1.165) is 17.2 Å². The topological polar surface area (TPSA) is 75.6 Å². The zero-order valence-electron chi connectivity index (χ0n) is 11.7. The number of nitrogens with zero attached hydrogens (tertiary/aromatic N) is 3. The smallest absolute Gasteiger partial charge is 0.248 e. The number of rotatable bonds is 4. The van der Waals surface area contributed by atoms with E-state index in [-0.39, 0.29) is 18.4 Å². The molecule has 2 heterocycles. The molecule has 0 atom stereocenters. The van der Waals surface area contributed by atoms with E-state index in [4.69, 9.17) is 0 Å². The summed E-state index contributed by atoms with van der Waals surface area (Å²) in [5.74, 6) is 1.23. The van der Waals surface area contributed by atoms with Gasteiger partial charge in [0.15, 0.2) is 0 Å². The van der Waals surface area contributed by atoms with Crippen molar-refractivity contribution in [3.05, 3.63) is 29.3 Å². The van der Waals surface area contributed by atoms with Crippen molar-refractivity contribution in [3.8, 4) is 0 Å². The molecule has 0 fully saturated rings. The number of anilines is 1. The van der Waals surface area contributed by atoms with E-state index in [1.54, 1.807) is 0 Å². The van der Waals surface area contributed by atoms with Crippen LogP contribution in [0.1, 0.15) is 37.0 Å². The molecule has 0 unspecified atom stereocenters. The number of aromatic amines is 1. The van der Waals surface area contributed by atoms with E-state index >= 15 is 0 Å². The number of amides is 1. The fourth-order valence-corrected chi connectivity index (χ4v) is 1.84. The second kappa shape index (κ2) is 5.26. The maximum absolute atomic E-state index is 11.9. The van der Waals surface area contributed by atoms with Crippen molar-refractivity contribution >= 4 is 11.9 Å². The van der Waals surface area contributed by atoms with Gasteiger partial charge in [0.2, 0.25) is 11.9 Å². The van der Waals surface area contributed by atoms with Gasteiger partial charge in [-0.3, -0.25) is 15.2 Å². The van der Waals surface area contributed by atoms with Gasteiger partial charge in [0, 0.05) is 17.3 Å². The highest BCUT2D eigenvalue weighted by Crippen LogP contribution is 2.10. The number of hydrogen-bond donors (Lipinski definition) is 2. The Morgan fingerprint density at radius 2 is 2.00 bits per heavy atom. The van der Waals surface area contributed by atoms with E-state index in [0.29, 0.717) is 5.95 Å². The lowest BCUT2D eigenvalue weighted by atomic mass is 10.2. The molecule has 19 heavy (non-hydrogen) atoms. The molecule has 2 rings (SSSR count). The molecule has 0 radical (unpaired) electrons. The predicted octanol–water partition coefficient (Wildman–Crippen LogP) is 1.99. The summed E-state index contributed by atoms with van der Waals surface area (Å²) in [5, 5.41) is 9.48. The average molecular weight is 261 g/mol. The van der Waals surface area contributed by atoms with Crippen molar-refractivity contribution in [1.29, 1.82) is 0 Å². The minimum Gasteiger partial charge on any atom is -0.340 e. The van der Waals surface area contributed by atoms with Gasteiger partial charge in [-0.15, -0.1) is 5.10 Å². The monoisotopic (exact) mass is 261 g/mol. The van der Waals surface area contributed by atoms with Crippen LogP contribution in [-0.2, 0) is 11.3 Å². The van der Waals surface area contributed by atoms with Crippen LogP contribution in [0.25, 0.3) is 0 Å². The van der Waals surface area contributed by atoms with Crippen LogP contribution in [0.3, 0.4) is 0 Å². The highest BCUT2D eigenvalue weighted by atomic mass is 16.2. The number of carbonyl (C=O) groups excluding carboxylic acids is 1. The fraction of sp³-hybridized carbons (Fsp3) is 0.462. The van der Waals surface area contributed by atoms with Crippen molar-refractivity contribution in [2.45, 2.75) is 40.2 Å². The molecule has 0 spiro atoms. The number of aromatic nitrogens is 4. The fourth-order valence-electron chi connectivity index (χ4n) is 1.84. The Labute approximate surface area is 112 Å². The Balaban J connectivity index is 2.01. The number of aryl methyl sites for hydroxylation is 2. The second-order valence-electron chi connectivity index (χ2n) is 4.95. The molecule has 1 amide bonds. The standard InChI is InChI=1S/C13H19N5O/c1-8(2)12-15-13(17-16-12)14-11(19)7-18-9(3)5-6-10(18)4/h5-6,8H,7H2,1-4H3,(H2,14,15,16,17,19). The first-order valence-electron chi connectivity index (χ1n) is 6.32. The van der Waals surface area contributed by atoms with Crippen molar-refractivity contribution in [2.24, 2.45) is 0 Å². The van der Waals surface area contributed by atoms with Gasteiger partial charge in [0.1, 0.15) is 12.4 Å². The van der Waals surface area contributed by atoms with E-state index < -0.39 is 0 Å². The van der Waals surface area contributed by atoms with Gasteiger partial charge in [-0.05, 0) is 26.0 Å². The molecule has 2 aromatic heterocycles. The molecule has 0 saturated carbocycles. The summed E-state index contributed by atoms with van der Waals surface area (Å²) >= 11 is 0. The summed E-state index contributed by atoms with van der Waals surface area (Å²) in [7, 11) is 0. The van der Waals surface area contributed by atoms with Gasteiger partial charge >= 0.3 is 0 Å². The number of carbonyl (C=O) groups is 1. The summed E-state index contributed by atoms with van der Waals surface area (Å²) in [6.45, 7) is 8.25. The van der Waals surface area contributed by atoms with E-state index in [2.05, 4.69) is 20.5 Å². The van der Waals surface area contributed by atoms with Crippen molar-refractivity contribution in [3.63, 3.8) is 0 Å². The third-order valence-electron chi connectivity index (χ3n) is 3.02. The van der Waals surface area contributed by atoms with Crippen LogP contribution < -0.4 is 5.32 Å². The van der Waals surface area contributed by atoms with Crippen LogP contribution in [0.5, 0.6) is 0 Å². The van der Waals surface area contributed by atoms with Gasteiger partial charge in [-0.25, -0.2) is 0 Å². The molecule has 0 bridgehead atoms. The molecule has 102 valence electrons. The molecule has 0 saturated heterocycles. The highest BCUT2D eigenvalue weighted by molar-refractivity contribution is 5.88. The third kappa shape index (κ3) is 3.01. The first-order chi connectivity index (χ1) is 8.97. The van der Waals surface area contributed by atoms with Crippen LogP contribution in [0.15, 0.2) is 12.1 Å². The van der Waals surface area contributed by atoms with Crippen molar-refractivity contribution in [2.75, 3.05) is 5.32 Å². The Morgan fingerprint density at radius 3 is 2.53 bits per heavy atom. The SMILES string of the molecule is Cc1ccc(C)n1CC(=O)Nc1n[nH]c(C(C)C)n1. The summed E-state index contributed by atoms with van der Waals surface area (Å²) in [5.41, 5.74) is 2.12.